The number of aryl methyl sites for hydroxylation is 1. The van der Waals surface area contributed by atoms with Crippen LogP contribution < -0.4 is 10.6 Å². The fourth-order valence-corrected chi connectivity index (χ4v) is 2.96. The van der Waals surface area contributed by atoms with Crippen LogP contribution >= 0.6 is 0 Å². The lowest BCUT2D eigenvalue weighted by Gasteiger charge is -2.30. The lowest BCUT2D eigenvalue weighted by molar-refractivity contribution is -0.130. The van der Waals surface area contributed by atoms with Crippen molar-refractivity contribution in [1.82, 2.24) is 4.90 Å². The van der Waals surface area contributed by atoms with Gasteiger partial charge >= 0.3 is 0 Å². The number of hydrogen-bond acceptors (Lipinski definition) is 3. The van der Waals surface area contributed by atoms with E-state index in [4.69, 9.17) is 5.73 Å². The maximum atomic E-state index is 12.2. The summed E-state index contributed by atoms with van der Waals surface area (Å²) in [7, 11) is 0. The van der Waals surface area contributed by atoms with Crippen LogP contribution in [0.4, 0.5) is 11.4 Å². The zero-order chi connectivity index (χ0) is 14.1. The van der Waals surface area contributed by atoms with Crippen LogP contribution in [0.1, 0.15) is 24.8 Å². The highest BCUT2D eigenvalue weighted by Gasteiger charge is 2.28. The van der Waals surface area contributed by atoms with Crippen LogP contribution in [-0.2, 0) is 16.0 Å². The lowest BCUT2D eigenvalue weighted by Crippen LogP contribution is -2.44. The second kappa shape index (κ2) is 5.15. The van der Waals surface area contributed by atoms with Crippen molar-refractivity contribution >= 4 is 23.2 Å². The summed E-state index contributed by atoms with van der Waals surface area (Å²) in [5, 5.41) is 0. The number of anilines is 2. The number of carbonyl (C=O) groups excluding carboxylic acids is 2. The Kier molecular flexibility index (Phi) is 3.34. The molecule has 20 heavy (non-hydrogen) atoms. The normalized spacial score (nSPS) is 18.3. The van der Waals surface area contributed by atoms with Crippen molar-refractivity contribution < 1.29 is 9.59 Å². The smallest absolute Gasteiger partial charge is 0.242 e. The van der Waals surface area contributed by atoms with E-state index in [1.807, 2.05) is 17.0 Å². The second-order valence-corrected chi connectivity index (χ2v) is 5.46. The van der Waals surface area contributed by atoms with Crippen LogP contribution in [0, 0.1) is 0 Å². The molecule has 0 radical (unpaired) electrons. The maximum absolute atomic E-state index is 12.2. The number of nitrogens with two attached hydrogens (primary N) is 1. The maximum Gasteiger partial charge on any atom is 0.242 e. The minimum atomic E-state index is 0.0230. The van der Waals surface area contributed by atoms with Gasteiger partial charge in [-0.1, -0.05) is 0 Å². The molecule has 3 rings (SSSR count). The zero-order valence-electron chi connectivity index (χ0n) is 11.5. The highest BCUT2D eigenvalue weighted by molar-refractivity contribution is 6.01. The number of hydrogen-bond donors (Lipinski definition) is 1. The summed E-state index contributed by atoms with van der Waals surface area (Å²) in [4.78, 5) is 27.8. The zero-order valence-corrected chi connectivity index (χ0v) is 11.5. The monoisotopic (exact) mass is 273 g/mol. The Balaban J connectivity index is 1.82. The van der Waals surface area contributed by atoms with E-state index in [-0.39, 0.29) is 18.4 Å². The summed E-state index contributed by atoms with van der Waals surface area (Å²) in [6, 6.07) is 5.53. The molecule has 0 spiro atoms. The molecular weight excluding hydrogens is 254 g/mol. The molecule has 1 aromatic carbocycles. The summed E-state index contributed by atoms with van der Waals surface area (Å²) < 4.78 is 0. The summed E-state index contributed by atoms with van der Waals surface area (Å²) in [5.41, 5.74) is 8.37. The SMILES string of the molecule is Nc1ccc2c(c1)CCC(=O)N2CC(=O)N1CCCC1. The van der Waals surface area contributed by atoms with Gasteiger partial charge in [-0.2, -0.15) is 0 Å². The van der Waals surface area contributed by atoms with E-state index in [1.54, 1.807) is 11.0 Å². The second-order valence-electron chi connectivity index (χ2n) is 5.46. The molecule has 0 aliphatic carbocycles. The van der Waals surface area contributed by atoms with Gasteiger partial charge in [0, 0.05) is 30.9 Å². The molecule has 0 unspecified atom stereocenters. The van der Waals surface area contributed by atoms with Gasteiger partial charge in [-0.05, 0) is 43.0 Å². The van der Waals surface area contributed by atoms with Gasteiger partial charge in [0.15, 0.2) is 0 Å². The van der Waals surface area contributed by atoms with Crippen LogP contribution in [0.3, 0.4) is 0 Å². The highest BCUT2D eigenvalue weighted by Crippen LogP contribution is 2.29. The average Bonchev–Trinajstić information content (AvgIpc) is 2.96. The number of benzene rings is 1. The van der Waals surface area contributed by atoms with E-state index in [0.29, 0.717) is 18.5 Å². The Labute approximate surface area is 118 Å². The number of likely N-dealkylation sites (tertiary alicyclic amines) is 1. The first-order chi connectivity index (χ1) is 9.65. The van der Waals surface area contributed by atoms with Crippen LogP contribution in [0.2, 0.25) is 0 Å². The van der Waals surface area contributed by atoms with Gasteiger partial charge in [0.25, 0.3) is 0 Å². The molecule has 2 amide bonds. The fourth-order valence-electron chi connectivity index (χ4n) is 2.96. The van der Waals surface area contributed by atoms with E-state index in [2.05, 4.69) is 0 Å². The number of nitrogen functional groups attached to an aromatic ring is 1. The first-order valence-electron chi connectivity index (χ1n) is 7.12. The average molecular weight is 273 g/mol. The fraction of sp³-hybridized carbons (Fsp3) is 0.467. The first-order valence-corrected chi connectivity index (χ1v) is 7.12. The Hall–Kier alpha value is -2.04. The van der Waals surface area contributed by atoms with Crippen molar-refractivity contribution in [2.75, 3.05) is 30.3 Å². The molecule has 2 heterocycles. The van der Waals surface area contributed by atoms with Gasteiger partial charge in [-0.3, -0.25) is 9.59 Å². The summed E-state index contributed by atoms with van der Waals surface area (Å²) >= 11 is 0. The molecule has 0 aromatic heterocycles. The van der Waals surface area contributed by atoms with Crippen molar-refractivity contribution in [3.05, 3.63) is 23.8 Å². The largest absolute Gasteiger partial charge is 0.399 e. The molecule has 2 aliphatic rings. The van der Waals surface area contributed by atoms with Gasteiger partial charge in [0.1, 0.15) is 6.54 Å². The summed E-state index contributed by atoms with van der Waals surface area (Å²) in [6.07, 6.45) is 3.27. The van der Waals surface area contributed by atoms with Crippen molar-refractivity contribution in [3.63, 3.8) is 0 Å². The minimum Gasteiger partial charge on any atom is -0.399 e. The van der Waals surface area contributed by atoms with E-state index >= 15 is 0 Å². The van der Waals surface area contributed by atoms with Crippen LogP contribution in [0.15, 0.2) is 18.2 Å². The summed E-state index contributed by atoms with van der Waals surface area (Å²) in [6.45, 7) is 1.78. The van der Waals surface area contributed by atoms with Crippen LogP contribution in [-0.4, -0.2) is 36.3 Å². The molecule has 1 fully saturated rings. The third-order valence-corrected chi connectivity index (χ3v) is 4.06. The van der Waals surface area contributed by atoms with Gasteiger partial charge in [0.2, 0.25) is 11.8 Å². The molecule has 2 aliphatic heterocycles. The molecule has 106 valence electrons. The standard InChI is InChI=1S/C15H19N3O2/c16-12-4-5-13-11(9-12)3-6-14(19)18(13)10-15(20)17-7-1-2-8-17/h4-5,9H,1-3,6-8,10,16H2. The Morgan fingerprint density at radius 1 is 1.20 bits per heavy atom. The molecule has 5 heteroatoms. The lowest BCUT2D eigenvalue weighted by atomic mass is 10.0. The molecule has 5 nitrogen and oxygen atoms in total. The molecule has 1 aromatic rings. The van der Waals surface area contributed by atoms with Crippen molar-refractivity contribution in [2.45, 2.75) is 25.7 Å². The van der Waals surface area contributed by atoms with Gasteiger partial charge in [0.05, 0.1) is 0 Å². The molecule has 2 N–H and O–H groups in total. The van der Waals surface area contributed by atoms with E-state index in [0.717, 1.165) is 37.2 Å². The van der Waals surface area contributed by atoms with Gasteiger partial charge in [-0.25, -0.2) is 0 Å². The Morgan fingerprint density at radius 3 is 2.70 bits per heavy atom. The van der Waals surface area contributed by atoms with Gasteiger partial charge < -0.3 is 15.5 Å². The molecular formula is C15H19N3O2. The predicted molar refractivity (Wildman–Crippen MR) is 77.3 cm³/mol. The van der Waals surface area contributed by atoms with Crippen LogP contribution in [0.25, 0.3) is 0 Å². The third-order valence-electron chi connectivity index (χ3n) is 4.06. The van der Waals surface area contributed by atoms with E-state index in [1.165, 1.54) is 0 Å². The quantitative estimate of drug-likeness (QED) is 0.823. The molecule has 1 saturated heterocycles. The van der Waals surface area contributed by atoms with Crippen molar-refractivity contribution in [3.8, 4) is 0 Å². The molecule has 0 atom stereocenters. The van der Waals surface area contributed by atoms with E-state index < -0.39 is 0 Å². The highest BCUT2D eigenvalue weighted by atomic mass is 16.2. The van der Waals surface area contributed by atoms with Crippen molar-refractivity contribution in [1.29, 1.82) is 0 Å². The number of fused-ring (bicyclic) bond motifs is 1. The number of rotatable bonds is 2. The molecule has 0 bridgehead atoms. The first kappa shape index (κ1) is 13.0. The van der Waals surface area contributed by atoms with Crippen LogP contribution in [0.5, 0.6) is 0 Å². The van der Waals surface area contributed by atoms with Gasteiger partial charge in [-0.15, -0.1) is 0 Å². The Morgan fingerprint density at radius 2 is 1.95 bits per heavy atom. The number of amides is 2. The number of nitrogens with zero attached hydrogens (tertiary/aromatic N) is 2. The Bertz CT molecular complexity index is 550. The van der Waals surface area contributed by atoms with Crippen molar-refractivity contribution in [2.24, 2.45) is 0 Å². The van der Waals surface area contributed by atoms with E-state index in [9.17, 15) is 9.59 Å². The third kappa shape index (κ3) is 2.35. The predicted octanol–water partition coefficient (Wildman–Crippen LogP) is 1.17. The number of carbonyl (C=O) groups is 2. The minimum absolute atomic E-state index is 0.0230. The molecule has 0 saturated carbocycles. The topological polar surface area (TPSA) is 66.6 Å². The summed E-state index contributed by atoms with van der Waals surface area (Å²) in [5.74, 6) is 0.0651.